The molecule has 0 spiro atoms. The topological polar surface area (TPSA) is 69.6 Å². The minimum absolute atomic E-state index is 0.0583. The van der Waals surface area contributed by atoms with E-state index in [1.807, 2.05) is 16.9 Å². The van der Waals surface area contributed by atoms with Crippen LogP contribution in [0.15, 0.2) is 12.3 Å². The summed E-state index contributed by atoms with van der Waals surface area (Å²) in [6.07, 6.45) is 4.75. The van der Waals surface area contributed by atoms with E-state index in [-0.39, 0.29) is 6.04 Å². The van der Waals surface area contributed by atoms with Gasteiger partial charge in [-0.05, 0) is 37.9 Å². The van der Waals surface area contributed by atoms with E-state index in [1.165, 1.54) is 11.5 Å². The lowest BCUT2D eigenvalue weighted by Crippen LogP contribution is -2.14. The molecule has 2 aromatic rings. The third-order valence-electron chi connectivity index (χ3n) is 3.03. The Bertz CT molecular complexity index is 517. The summed E-state index contributed by atoms with van der Waals surface area (Å²) in [7, 11) is 0. The maximum absolute atomic E-state index is 6.27. The molecule has 2 aromatic heterocycles. The first-order valence-electron chi connectivity index (χ1n) is 6.72. The van der Waals surface area contributed by atoms with Gasteiger partial charge in [0.2, 0.25) is 0 Å². The van der Waals surface area contributed by atoms with Crippen LogP contribution in [0, 0.1) is 0 Å². The predicted molar refractivity (Wildman–Crippen MR) is 77.1 cm³/mol. The van der Waals surface area contributed by atoms with E-state index in [0.717, 1.165) is 35.5 Å². The van der Waals surface area contributed by atoms with Gasteiger partial charge in [0, 0.05) is 24.7 Å². The first-order chi connectivity index (χ1) is 9.11. The summed E-state index contributed by atoms with van der Waals surface area (Å²) in [6, 6.07) is 2.36. The molecule has 0 bridgehead atoms. The lowest BCUT2D eigenvalue weighted by atomic mass is 10.1. The summed E-state index contributed by atoms with van der Waals surface area (Å²) in [4.78, 5) is 1.10. The number of hydrogen-bond donors (Lipinski definition) is 1. The normalized spacial score (nSPS) is 13.1. The second kappa shape index (κ2) is 6.25. The first kappa shape index (κ1) is 14.1. The molecule has 2 N–H and O–H groups in total. The van der Waals surface area contributed by atoms with Crippen LogP contribution < -0.4 is 5.73 Å². The average molecular weight is 279 g/mol. The highest BCUT2D eigenvalue weighted by atomic mass is 32.1. The zero-order valence-electron chi connectivity index (χ0n) is 11.7. The van der Waals surface area contributed by atoms with Crippen LogP contribution in [0.3, 0.4) is 0 Å². The van der Waals surface area contributed by atoms with Gasteiger partial charge in [0.1, 0.15) is 0 Å². The van der Waals surface area contributed by atoms with Gasteiger partial charge in [-0.15, -0.1) is 5.10 Å². The minimum atomic E-state index is -0.0583. The van der Waals surface area contributed by atoms with Crippen LogP contribution in [-0.2, 0) is 12.8 Å². The molecule has 0 aliphatic rings. The molecule has 0 radical (unpaired) electrons. The molecule has 1 atom stereocenters. The van der Waals surface area contributed by atoms with Crippen LogP contribution in [0.2, 0.25) is 0 Å². The molecule has 2 heterocycles. The molecule has 104 valence electrons. The van der Waals surface area contributed by atoms with Gasteiger partial charge in [-0.25, -0.2) is 0 Å². The van der Waals surface area contributed by atoms with E-state index in [4.69, 9.17) is 5.73 Å². The number of hydrogen-bond acceptors (Lipinski definition) is 5. The highest BCUT2D eigenvalue weighted by Gasteiger charge is 2.17. The SMILES string of the molecule is CCCc1nnsc1C(N)Cc1ccn(C(C)C)n1. The Morgan fingerprint density at radius 1 is 1.42 bits per heavy atom. The van der Waals surface area contributed by atoms with Gasteiger partial charge in [0.25, 0.3) is 0 Å². The van der Waals surface area contributed by atoms with Crippen LogP contribution in [0.4, 0.5) is 0 Å². The van der Waals surface area contributed by atoms with Crippen molar-refractivity contribution in [2.24, 2.45) is 5.73 Å². The number of nitrogens with two attached hydrogens (primary N) is 1. The van der Waals surface area contributed by atoms with Gasteiger partial charge < -0.3 is 5.73 Å². The Morgan fingerprint density at radius 2 is 2.21 bits per heavy atom. The van der Waals surface area contributed by atoms with Crippen LogP contribution in [0.25, 0.3) is 0 Å². The number of aromatic nitrogens is 4. The van der Waals surface area contributed by atoms with E-state index in [1.54, 1.807) is 0 Å². The van der Waals surface area contributed by atoms with E-state index < -0.39 is 0 Å². The predicted octanol–water partition coefficient (Wildman–Crippen LogP) is 2.51. The van der Waals surface area contributed by atoms with Crippen LogP contribution >= 0.6 is 11.5 Å². The van der Waals surface area contributed by atoms with Crippen molar-refractivity contribution in [1.29, 1.82) is 0 Å². The third kappa shape index (κ3) is 3.39. The number of nitrogens with zero attached hydrogens (tertiary/aromatic N) is 4. The molecular weight excluding hydrogens is 258 g/mol. The molecule has 0 amide bonds. The summed E-state index contributed by atoms with van der Waals surface area (Å²) in [5, 5.41) is 8.70. The summed E-state index contributed by atoms with van der Waals surface area (Å²) < 4.78 is 5.98. The van der Waals surface area contributed by atoms with E-state index >= 15 is 0 Å². The lowest BCUT2D eigenvalue weighted by Gasteiger charge is -2.09. The fourth-order valence-electron chi connectivity index (χ4n) is 2.00. The Hall–Kier alpha value is -1.27. The fraction of sp³-hybridized carbons (Fsp3) is 0.615. The lowest BCUT2D eigenvalue weighted by molar-refractivity contribution is 0.523. The van der Waals surface area contributed by atoms with Crippen molar-refractivity contribution in [1.82, 2.24) is 19.4 Å². The van der Waals surface area contributed by atoms with Gasteiger partial charge >= 0.3 is 0 Å². The molecule has 0 saturated carbocycles. The molecule has 5 nitrogen and oxygen atoms in total. The van der Waals surface area contributed by atoms with E-state index in [2.05, 4.69) is 35.5 Å². The van der Waals surface area contributed by atoms with Gasteiger partial charge in [-0.1, -0.05) is 17.8 Å². The molecular formula is C13H21N5S. The molecule has 2 rings (SSSR count). The van der Waals surface area contributed by atoms with Gasteiger partial charge in [0.05, 0.1) is 16.3 Å². The first-order valence-corrected chi connectivity index (χ1v) is 7.49. The largest absolute Gasteiger partial charge is 0.323 e. The summed E-state index contributed by atoms with van der Waals surface area (Å²) in [6.45, 7) is 6.37. The highest BCUT2D eigenvalue weighted by Crippen LogP contribution is 2.22. The molecule has 1 unspecified atom stereocenters. The van der Waals surface area contributed by atoms with Crippen molar-refractivity contribution in [2.45, 2.75) is 52.1 Å². The fourth-order valence-corrected chi connectivity index (χ4v) is 2.69. The molecule has 0 aromatic carbocycles. The third-order valence-corrected chi connectivity index (χ3v) is 3.93. The molecule has 0 fully saturated rings. The summed E-state index contributed by atoms with van der Waals surface area (Å²) in [5.41, 5.74) is 8.34. The Labute approximate surface area is 118 Å². The van der Waals surface area contributed by atoms with Crippen LogP contribution in [0.5, 0.6) is 0 Å². The molecule has 0 saturated heterocycles. The van der Waals surface area contributed by atoms with E-state index in [9.17, 15) is 0 Å². The van der Waals surface area contributed by atoms with Crippen molar-refractivity contribution >= 4 is 11.5 Å². The zero-order valence-corrected chi connectivity index (χ0v) is 12.5. The maximum Gasteiger partial charge on any atom is 0.0803 e. The van der Waals surface area contributed by atoms with Crippen LogP contribution in [0.1, 0.15) is 55.5 Å². The molecule has 19 heavy (non-hydrogen) atoms. The molecule has 0 aliphatic carbocycles. The summed E-state index contributed by atoms with van der Waals surface area (Å²) in [5.74, 6) is 0. The monoisotopic (exact) mass is 279 g/mol. The van der Waals surface area contributed by atoms with Crippen molar-refractivity contribution < 1.29 is 0 Å². The second-order valence-corrected chi connectivity index (χ2v) is 5.81. The summed E-state index contributed by atoms with van der Waals surface area (Å²) >= 11 is 1.41. The standard InChI is InChI=1S/C13H21N5S/c1-4-5-12-13(19-17-15-12)11(14)8-10-6-7-18(16-10)9(2)3/h6-7,9,11H,4-5,8,14H2,1-3H3. The van der Waals surface area contributed by atoms with Crippen molar-refractivity contribution in [3.8, 4) is 0 Å². The van der Waals surface area contributed by atoms with Gasteiger partial charge in [-0.3, -0.25) is 4.68 Å². The highest BCUT2D eigenvalue weighted by molar-refractivity contribution is 7.05. The Balaban J connectivity index is 2.07. The second-order valence-electron chi connectivity index (χ2n) is 5.03. The maximum atomic E-state index is 6.27. The Morgan fingerprint density at radius 3 is 2.84 bits per heavy atom. The van der Waals surface area contributed by atoms with Gasteiger partial charge in [0.15, 0.2) is 0 Å². The quantitative estimate of drug-likeness (QED) is 0.882. The number of rotatable bonds is 6. The minimum Gasteiger partial charge on any atom is -0.323 e. The molecule has 6 heteroatoms. The van der Waals surface area contributed by atoms with Gasteiger partial charge in [-0.2, -0.15) is 5.10 Å². The van der Waals surface area contributed by atoms with E-state index in [0.29, 0.717) is 6.04 Å². The average Bonchev–Trinajstić information content (AvgIpc) is 2.98. The van der Waals surface area contributed by atoms with Crippen molar-refractivity contribution in [3.05, 3.63) is 28.5 Å². The smallest absolute Gasteiger partial charge is 0.0803 e. The van der Waals surface area contributed by atoms with Crippen molar-refractivity contribution in [2.75, 3.05) is 0 Å². The number of aryl methyl sites for hydroxylation is 1. The Kier molecular flexibility index (Phi) is 4.66. The zero-order chi connectivity index (χ0) is 13.8. The van der Waals surface area contributed by atoms with Crippen molar-refractivity contribution in [3.63, 3.8) is 0 Å². The van der Waals surface area contributed by atoms with Crippen LogP contribution in [-0.4, -0.2) is 19.4 Å². The molecule has 0 aliphatic heterocycles.